The van der Waals surface area contributed by atoms with Gasteiger partial charge in [0.05, 0.1) is 19.3 Å². The number of aromatic nitrogens is 3. The number of hydrogen-bond acceptors (Lipinski definition) is 6. The summed E-state index contributed by atoms with van der Waals surface area (Å²) in [7, 11) is 1.27. The first kappa shape index (κ1) is 12.6. The van der Waals surface area contributed by atoms with Crippen LogP contribution in [0.1, 0.15) is 21.7 Å². The molecule has 2 heterocycles. The number of pyridine rings is 1. The fourth-order valence-electron chi connectivity index (χ4n) is 1.59. The van der Waals surface area contributed by atoms with Gasteiger partial charge in [-0.15, -0.1) is 0 Å². The van der Waals surface area contributed by atoms with E-state index in [9.17, 15) is 4.79 Å². The Morgan fingerprint density at radius 3 is 3.11 bits per heavy atom. The van der Waals surface area contributed by atoms with Crippen molar-refractivity contribution in [2.45, 2.75) is 6.54 Å². The van der Waals surface area contributed by atoms with Crippen molar-refractivity contribution in [2.24, 2.45) is 0 Å². The number of carbonyl (C=O) groups excluding carboxylic acids is 1. The van der Waals surface area contributed by atoms with Gasteiger partial charge in [0.25, 0.3) is 0 Å². The third-order valence-corrected chi connectivity index (χ3v) is 2.45. The van der Waals surface area contributed by atoms with Crippen molar-refractivity contribution in [2.75, 3.05) is 12.8 Å². The van der Waals surface area contributed by atoms with E-state index in [1.807, 2.05) is 6.07 Å². The Bertz CT molecular complexity index is 656. The largest absolute Gasteiger partial charge is 0.464 e. The van der Waals surface area contributed by atoms with Crippen LogP contribution in [0, 0.1) is 11.3 Å². The molecule has 0 aromatic carbocycles. The third-order valence-electron chi connectivity index (χ3n) is 2.45. The molecule has 19 heavy (non-hydrogen) atoms. The van der Waals surface area contributed by atoms with Crippen LogP contribution in [0.4, 0.5) is 5.69 Å². The van der Waals surface area contributed by atoms with E-state index < -0.39 is 5.97 Å². The Labute approximate surface area is 109 Å². The summed E-state index contributed by atoms with van der Waals surface area (Å²) < 4.78 is 6.08. The SMILES string of the molecule is COC(=O)c1nn(Cc2ccnc(C#N)c2)cc1N. The summed E-state index contributed by atoms with van der Waals surface area (Å²) in [5, 5.41) is 12.8. The first-order valence-corrected chi connectivity index (χ1v) is 5.40. The van der Waals surface area contributed by atoms with E-state index in [1.165, 1.54) is 11.8 Å². The molecule has 2 aromatic heterocycles. The maximum atomic E-state index is 11.4. The van der Waals surface area contributed by atoms with Gasteiger partial charge in [0.1, 0.15) is 11.8 Å². The molecule has 0 unspecified atom stereocenters. The normalized spacial score (nSPS) is 9.89. The van der Waals surface area contributed by atoms with Crippen LogP contribution < -0.4 is 5.73 Å². The molecule has 2 rings (SSSR count). The summed E-state index contributed by atoms with van der Waals surface area (Å²) in [4.78, 5) is 15.2. The number of nitrogens with two attached hydrogens (primary N) is 1. The first-order chi connectivity index (χ1) is 9.13. The summed E-state index contributed by atoms with van der Waals surface area (Å²) >= 11 is 0. The van der Waals surface area contributed by atoms with Crippen molar-refractivity contribution in [1.29, 1.82) is 5.26 Å². The van der Waals surface area contributed by atoms with Crippen LogP contribution in [0.25, 0.3) is 0 Å². The van der Waals surface area contributed by atoms with Gasteiger partial charge in [0.15, 0.2) is 5.69 Å². The second kappa shape index (κ2) is 5.18. The molecular formula is C12H11N5O2. The van der Waals surface area contributed by atoms with Crippen LogP contribution in [-0.2, 0) is 11.3 Å². The molecule has 0 aliphatic rings. The predicted molar refractivity (Wildman–Crippen MR) is 66.0 cm³/mol. The van der Waals surface area contributed by atoms with Crippen molar-refractivity contribution in [1.82, 2.24) is 14.8 Å². The molecule has 2 N–H and O–H groups in total. The fraction of sp³-hybridized carbons (Fsp3) is 0.167. The van der Waals surface area contributed by atoms with Crippen LogP contribution in [0.2, 0.25) is 0 Å². The first-order valence-electron chi connectivity index (χ1n) is 5.40. The van der Waals surface area contributed by atoms with E-state index in [-0.39, 0.29) is 11.4 Å². The maximum Gasteiger partial charge on any atom is 0.360 e. The molecule has 0 saturated carbocycles. The molecular weight excluding hydrogens is 246 g/mol. The number of carbonyl (C=O) groups is 1. The van der Waals surface area contributed by atoms with Gasteiger partial charge in [-0.2, -0.15) is 10.4 Å². The summed E-state index contributed by atoms with van der Waals surface area (Å²) in [5.74, 6) is -0.580. The lowest BCUT2D eigenvalue weighted by Gasteiger charge is -2.01. The van der Waals surface area contributed by atoms with E-state index in [0.29, 0.717) is 12.2 Å². The number of ether oxygens (including phenoxy) is 1. The Kier molecular flexibility index (Phi) is 3.43. The molecule has 0 radical (unpaired) electrons. The lowest BCUT2D eigenvalue weighted by molar-refractivity contribution is 0.0594. The van der Waals surface area contributed by atoms with E-state index in [0.717, 1.165) is 5.56 Å². The van der Waals surface area contributed by atoms with Crippen LogP contribution >= 0.6 is 0 Å². The van der Waals surface area contributed by atoms with Crippen LogP contribution in [-0.4, -0.2) is 27.8 Å². The van der Waals surface area contributed by atoms with Crippen molar-refractivity contribution in [3.8, 4) is 6.07 Å². The Hall–Kier alpha value is -2.88. The predicted octanol–water partition coefficient (Wildman–Crippen LogP) is 0.567. The topological polar surface area (TPSA) is 107 Å². The van der Waals surface area contributed by atoms with E-state index in [1.54, 1.807) is 24.5 Å². The third kappa shape index (κ3) is 2.69. The second-order valence-corrected chi connectivity index (χ2v) is 3.78. The monoisotopic (exact) mass is 257 g/mol. The molecule has 2 aromatic rings. The summed E-state index contributed by atoms with van der Waals surface area (Å²) in [6.07, 6.45) is 3.08. The zero-order valence-corrected chi connectivity index (χ0v) is 10.2. The van der Waals surface area contributed by atoms with Crippen molar-refractivity contribution in [3.05, 3.63) is 41.5 Å². The molecule has 0 spiro atoms. The number of nitrogens with zero attached hydrogens (tertiary/aromatic N) is 4. The highest BCUT2D eigenvalue weighted by Gasteiger charge is 2.15. The lowest BCUT2D eigenvalue weighted by atomic mass is 10.2. The number of esters is 1. The minimum absolute atomic E-state index is 0.0806. The molecule has 0 aliphatic carbocycles. The van der Waals surface area contributed by atoms with Crippen LogP contribution in [0.3, 0.4) is 0 Å². The Morgan fingerprint density at radius 1 is 1.63 bits per heavy atom. The van der Waals surface area contributed by atoms with Gasteiger partial charge in [0.2, 0.25) is 0 Å². The number of hydrogen-bond donors (Lipinski definition) is 1. The smallest absolute Gasteiger partial charge is 0.360 e. The summed E-state index contributed by atoms with van der Waals surface area (Å²) in [6, 6.07) is 5.37. The molecule has 0 bridgehead atoms. The molecule has 0 atom stereocenters. The van der Waals surface area contributed by atoms with E-state index >= 15 is 0 Å². The van der Waals surface area contributed by atoms with E-state index in [2.05, 4.69) is 14.8 Å². The van der Waals surface area contributed by atoms with Gasteiger partial charge in [-0.25, -0.2) is 9.78 Å². The van der Waals surface area contributed by atoms with Gasteiger partial charge >= 0.3 is 5.97 Å². The average Bonchev–Trinajstić information content (AvgIpc) is 2.79. The molecule has 7 nitrogen and oxygen atoms in total. The quantitative estimate of drug-likeness (QED) is 0.805. The zero-order valence-electron chi connectivity index (χ0n) is 10.2. The number of methoxy groups -OCH3 is 1. The minimum Gasteiger partial charge on any atom is -0.464 e. The van der Waals surface area contributed by atoms with Crippen LogP contribution in [0.5, 0.6) is 0 Å². The van der Waals surface area contributed by atoms with Gasteiger partial charge in [-0.3, -0.25) is 4.68 Å². The highest BCUT2D eigenvalue weighted by Crippen LogP contribution is 2.12. The van der Waals surface area contributed by atoms with Crippen molar-refractivity contribution < 1.29 is 9.53 Å². The van der Waals surface area contributed by atoms with Crippen molar-refractivity contribution >= 4 is 11.7 Å². The summed E-state index contributed by atoms with van der Waals surface area (Å²) in [5.41, 5.74) is 7.17. The Morgan fingerprint density at radius 2 is 2.42 bits per heavy atom. The average molecular weight is 257 g/mol. The van der Waals surface area contributed by atoms with E-state index in [4.69, 9.17) is 11.0 Å². The molecule has 7 heteroatoms. The van der Waals surface area contributed by atoms with Crippen LogP contribution in [0.15, 0.2) is 24.5 Å². The van der Waals surface area contributed by atoms with Gasteiger partial charge in [-0.05, 0) is 17.7 Å². The highest BCUT2D eigenvalue weighted by molar-refractivity contribution is 5.92. The fourth-order valence-corrected chi connectivity index (χ4v) is 1.59. The van der Waals surface area contributed by atoms with Gasteiger partial charge in [0, 0.05) is 12.4 Å². The second-order valence-electron chi connectivity index (χ2n) is 3.78. The number of nitrogen functional groups attached to an aromatic ring is 1. The van der Waals surface area contributed by atoms with Gasteiger partial charge < -0.3 is 10.5 Å². The summed E-state index contributed by atoms with van der Waals surface area (Å²) in [6.45, 7) is 0.387. The number of rotatable bonds is 3. The Balaban J connectivity index is 2.24. The molecule has 0 fully saturated rings. The number of nitriles is 1. The lowest BCUT2D eigenvalue weighted by Crippen LogP contribution is -2.07. The van der Waals surface area contributed by atoms with Crippen molar-refractivity contribution in [3.63, 3.8) is 0 Å². The number of anilines is 1. The minimum atomic E-state index is -0.580. The van der Waals surface area contributed by atoms with Gasteiger partial charge in [-0.1, -0.05) is 0 Å². The zero-order chi connectivity index (χ0) is 13.8. The maximum absolute atomic E-state index is 11.4. The molecule has 0 amide bonds. The molecule has 0 saturated heterocycles. The molecule has 96 valence electrons. The highest BCUT2D eigenvalue weighted by atomic mass is 16.5. The molecule has 0 aliphatic heterocycles. The standard InChI is InChI=1S/C12H11N5O2/c1-19-12(18)11-10(14)7-17(16-11)6-8-2-3-15-9(4-8)5-13/h2-4,7H,6,14H2,1H3.